The van der Waals surface area contributed by atoms with Gasteiger partial charge in [0.15, 0.2) is 0 Å². The lowest BCUT2D eigenvalue weighted by molar-refractivity contribution is 0.179. The van der Waals surface area contributed by atoms with Gasteiger partial charge in [0.05, 0.1) is 16.5 Å². The fraction of sp³-hybridized carbons (Fsp3) is 0.417. The molecule has 112 valence electrons. The van der Waals surface area contributed by atoms with Crippen molar-refractivity contribution in [1.82, 2.24) is 4.31 Å². The van der Waals surface area contributed by atoms with Crippen molar-refractivity contribution in [2.45, 2.75) is 11.3 Å². The zero-order valence-electron chi connectivity index (χ0n) is 11.1. The third-order valence-electron chi connectivity index (χ3n) is 2.60. The minimum Gasteiger partial charge on any atom is -0.393 e. The van der Waals surface area contributed by atoms with Crippen molar-refractivity contribution in [3.05, 3.63) is 29.3 Å². The van der Waals surface area contributed by atoms with Gasteiger partial charge in [0, 0.05) is 31.6 Å². The van der Waals surface area contributed by atoms with Gasteiger partial charge in [0.2, 0.25) is 10.0 Å². The molecule has 0 bridgehead atoms. The zero-order valence-corrected chi connectivity index (χ0v) is 13.5. The van der Waals surface area contributed by atoms with Crippen LogP contribution in [0.5, 0.6) is 0 Å². The van der Waals surface area contributed by atoms with Gasteiger partial charge >= 0.3 is 0 Å². The van der Waals surface area contributed by atoms with Gasteiger partial charge in [0.25, 0.3) is 0 Å². The Balaban J connectivity index is 2.96. The lowest BCUT2D eigenvalue weighted by Crippen LogP contribution is -2.36. The summed E-state index contributed by atoms with van der Waals surface area (Å²) in [5.41, 5.74) is 5.43. The van der Waals surface area contributed by atoms with E-state index in [4.69, 9.17) is 34.3 Å². The fourth-order valence-electron chi connectivity index (χ4n) is 1.54. The SMILES string of the molecule is COCCN(CCC(N)=S)S(=O)(=O)c1ccc(Cl)cc1. The molecule has 1 rings (SSSR count). The highest BCUT2D eigenvalue weighted by Crippen LogP contribution is 2.18. The number of hydrogen-bond acceptors (Lipinski definition) is 4. The van der Waals surface area contributed by atoms with E-state index in [0.717, 1.165) is 0 Å². The van der Waals surface area contributed by atoms with E-state index in [0.29, 0.717) is 18.1 Å². The van der Waals surface area contributed by atoms with Crippen LogP contribution in [0.15, 0.2) is 29.2 Å². The van der Waals surface area contributed by atoms with Crippen LogP contribution in [0.25, 0.3) is 0 Å². The number of nitrogens with two attached hydrogens (primary N) is 1. The topological polar surface area (TPSA) is 72.6 Å². The summed E-state index contributed by atoms with van der Waals surface area (Å²) < 4.78 is 31.3. The molecule has 0 fully saturated rings. The molecule has 0 aliphatic rings. The highest BCUT2D eigenvalue weighted by molar-refractivity contribution is 7.89. The normalized spacial score (nSPS) is 11.8. The van der Waals surface area contributed by atoms with E-state index in [1.54, 1.807) is 0 Å². The summed E-state index contributed by atoms with van der Waals surface area (Å²) in [5, 5.41) is 0.482. The lowest BCUT2D eigenvalue weighted by atomic mass is 10.4. The van der Waals surface area contributed by atoms with Crippen molar-refractivity contribution in [2.75, 3.05) is 26.8 Å². The number of methoxy groups -OCH3 is 1. The highest BCUT2D eigenvalue weighted by atomic mass is 35.5. The molecule has 8 heteroatoms. The third-order valence-corrected chi connectivity index (χ3v) is 4.97. The van der Waals surface area contributed by atoms with Crippen molar-refractivity contribution in [1.29, 1.82) is 0 Å². The van der Waals surface area contributed by atoms with E-state index in [1.165, 1.54) is 35.7 Å². The van der Waals surface area contributed by atoms with E-state index in [9.17, 15) is 8.42 Å². The van der Waals surface area contributed by atoms with Gasteiger partial charge in [-0.3, -0.25) is 0 Å². The van der Waals surface area contributed by atoms with Crippen molar-refractivity contribution < 1.29 is 13.2 Å². The predicted octanol–water partition coefficient (Wildman–Crippen LogP) is 1.65. The molecule has 0 saturated heterocycles. The molecule has 0 spiro atoms. The van der Waals surface area contributed by atoms with Crippen molar-refractivity contribution in [2.24, 2.45) is 5.73 Å². The monoisotopic (exact) mass is 336 g/mol. The molecule has 0 radical (unpaired) electrons. The molecule has 0 aliphatic heterocycles. The van der Waals surface area contributed by atoms with Crippen molar-refractivity contribution >= 4 is 38.8 Å². The number of thiocarbonyl (C=S) groups is 1. The van der Waals surface area contributed by atoms with Gasteiger partial charge in [0.1, 0.15) is 0 Å². The lowest BCUT2D eigenvalue weighted by Gasteiger charge is -2.21. The molecule has 0 unspecified atom stereocenters. The molecular weight excluding hydrogens is 320 g/mol. The molecule has 2 N–H and O–H groups in total. The molecule has 20 heavy (non-hydrogen) atoms. The number of benzene rings is 1. The molecule has 5 nitrogen and oxygen atoms in total. The van der Waals surface area contributed by atoms with E-state index in [2.05, 4.69) is 0 Å². The average molecular weight is 337 g/mol. The molecule has 0 saturated carbocycles. The van der Waals surface area contributed by atoms with Crippen LogP contribution < -0.4 is 5.73 Å². The Morgan fingerprint density at radius 1 is 1.35 bits per heavy atom. The molecular formula is C12H17ClN2O3S2. The fourth-order valence-corrected chi connectivity index (χ4v) is 3.18. The maximum atomic E-state index is 12.5. The standard InChI is InChI=1S/C12H17ClN2O3S2/c1-18-9-8-15(7-6-12(14)19)20(16,17)11-4-2-10(13)3-5-11/h2-5H,6-9H2,1H3,(H2,14,19). The molecule has 1 aromatic rings. The second-order valence-electron chi connectivity index (χ2n) is 4.07. The van der Waals surface area contributed by atoms with Gasteiger partial charge in [-0.15, -0.1) is 0 Å². The Morgan fingerprint density at radius 2 is 1.95 bits per heavy atom. The van der Waals surface area contributed by atoms with E-state index >= 15 is 0 Å². The zero-order chi connectivity index (χ0) is 15.2. The van der Waals surface area contributed by atoms with Gasteiger partial charge in [-0.25, -0.2) is 8.42 Å². The summed E-state index contributed by atoms with van der Waals surface area (Å²) in [5.74, 6) is 0. The van der Waals surface area contributed by atoms with E-state index < -0.39 is 10.0 Å². The first-order valence-electron chi connectivity index (χ1n) is 5.91. The summed E-state index contributed by atoms with van der Waals surface area (Å²) >= 11 is 10.6. The second-order valence-corrected chi connectivity index (χ2v) is 6.97. The first-order valence-corrected chi connectivity index (χ1v) is 8.13. The predicted molar refractivity (Wildman–Crippen MR) is 83.5 cm³/mol. The van der Waals surface area contributed by atoms with Crippen LogP contribution in [0.4, 0.5) is 0 Å². The maximum absolute atomic E-state index is 12.5. The van der Waals surface area contributed by atoms with E-state index in [1.807, 2.05) is 0 Å². The summed E-state index contributed by atoms with van der Waals surface area (Å²) in [4.78, 5) is 0.458. The molecule has 0 heterocycles. The largest absolute Gasteiger partial charge is 0.393 e. The third kappa shape index (κ3) is 4.99. The Kier molecular flexibility index (Phi) is 6.84. The maximum Gasteiger partial charge on any atom is 0.243 e. The Labute approximate surface area is 129 Å². The van der Waals surface area contributed by atoms with Crippen molar-refractivity contribution in [3.63, 3.8) is 0 Å². The summed E-state index contributed by atoms with van der Waals surface area (Å²) in [7, 11) is -2.09. The molecule has 0 aromatic heterocycles. The average Bonchev–Trinajstić information content (AvgIpc) is 2.38. The molecule has 0 aliphatic carbocycles. The molecule has 0 amide bonds. The summed E-state index contributed by atoms with van der Waals surface area (Å²) in [6.45, 7) is 0.762. The van der Waals surface area contributed by atoms with Crippen LogP contribution >= 0.6 is 23.8 Å². The Bertz CT molecular complexity index is 546. The highest BCUT2D eigenvalue weighted by Gasteiger charge is 2.23. The number of ether oxygens (including phenoxy) is 1. The van der Waals surface area contributed by atoms with Gasteiger partial charge in [-0.1, -0.05) is 23.8 Å². The van der Waals surface area contributed by atoms with Crippen LogP contribution in [0.3, 0.4) is 0 Å². The molecule has 0 atom stereocenters. The minimum atomic E-state index is -3.61. The first kappa shape index (κ1) is 17.3. The number of nitrogens with zero attached hydrogens (tertiary/aromatic N) is 1. The Morgan fingerprint density at radius 3 is 2.45 bits per heavy atom. The van der Waals surface area contributed by atoms with Gasteiger partial charge in [-0.2, -0.15) is 4.31 Å². The minimum absolute atomic E-state index is 0.181. The van der Waals surface area contributed by atoms with Crippen LogP contribution in [0.1, 0.15) is 6.42 Å². The van der Waals surface area contributed by atoms with Crippen LogP contribution in [0, 0.1) is 0 Å². The number of halogens is 1. The van der Waals surface area contributed by atoms with Gasteiger partial charge in [-0.05, 0) is 24.3 Å². The van der Waals surface area contributed by atoms with Crippen LogP contribution in [0.2, 0.25) is 5.02 Å². The first-order chi connectivity index (χ1) is 9.37. The molecule has 1 aromatic carbocycles. The van der Waals surface area contributed by atoms with Crippen LogP contribution in [-0.4, -0.2) is 44.5 Å². The number of rotatable bonds is 8. The van der Waals surface area contributed by atoms with Gasteiger partial charge < -0.3 is 10.5 Å². The van der Waals surface area contributed by atoms with Crippen LogP contribution in [-0.2, 0) is 14.8 Å². The number of hydrogen-bond donors (Lipinski definition) is 1. The summed E-state index contributed by atoms with van der Waals surface area (Å²) in [6.07, 6.45) is 0.325. The number of sulfonamides is 1. The smallest absolute Gasteiger partial charge is 0.243 e. The van der Waals surface area contributed by atoms with Crippen molar-refractivity contribution in [3.8, 4) is 0 Å². The second kappa shape index (κ2) is 7.90. The quantitative estimate of drug-likeness (QED) is 0.731. The summed E-state index contributed by atoms with van der Waals surface area (Å²) in [6, 6.07) is 6.02. The van der Waals surface area contributed by atoms with E-state index in [-0.39, 0.29) is 23.0 Å². The Hall–Kier alpha value is -0.730.